The van der Waals surface area contributed by atoms with Gasteiger partial charge in [-0.25, -0.2) is 0 Å². The van der Waals surface area contributed by atoms with E-state index in [9.17, 15) is 4.79 Å². The van der Waals surface area contributed by atoms with Gasteiger partial charge in [0.2, 0.25) is 5.91 Å². The van der Waals surface area contributed by atoms with E-state index in [4.69, 9.17) is 5.73 Å². The molecule has 0 bridgehead atoms. The van der Waals surface area contributed by atoms with Gasteiger partial charge < -0.3 is 11.1 Å². The van der Waals surface area contributed by atoms with Crippen molar-refractivity contribution in [2.45, 2.75) is 77.3 Å². The van der Waals surface area contributed by atoms with E-state index in [1.807, 2.05) is 13.8 Å². The second-order valence-electron chi connectivity index (χ2n) is 6.15. The van der Waals surface area contributed by atoms with Gasteiger partial charge in [-0.15, -0.1) is 0 Å². The van der Waals surface area contributed by atoms with Gasteiger partial charge in [0.05, 0.1) is 0 Å². The predicted molar refractivity (Wildman–Crippen MR) is 71.7 cm³/mol. The highest BCUT2D eigenvalue weighted by atomic mass is 16.1. The van der Waals surface area contributed by atoms with Gasteiger partial charge in [-0.2, -0.15) is 0 Å². The summed E-state index contributed by atoms with van der Waals surface area (Å²) in [7, 11) is 0. The van der Waals surface area contributed by atoms with E-state index in [2.05, 4.69) is 12.2 Å². The number of carbonyl (C=O) groups excluding carboxylic acids is 1. The zero-order valence-corrected chi connectivity index (χ0v) is 11.6. The van der Waals surface area contributed by atoms with Crippen LogP contribution in [0.25, 0.3) is 0 Å². The van der Waals surface area contributed by atoms with Gasteiger partial charge >= 0.3 is 0 Å². The van der Waals surface area contributed by atoms with E-state index in [1.54, 1.807) is 0 Å². The first kappa shape index (κ1) is 14.5. The molecule has 0 aromatic carbocycles. The standard InChI is InChI=1S/C14H28N2O/c1-4-12(11-8-6-5-7-9-11)16-13(17)10-14(2,3)15/h11-12H,4-10,15H2,1-3H3,(H,16,17). The van der Waals surface area contributed by atoms with E-state index in [0.29, 0.717) is 18.4 Å². The van der Waals surface area contributed by atoms with Crippen molar-refractivity contribution in [3.8, 4) is 0 Å². The molecule has 0 heterocycles. The molecule has 1 saturated carbocycles. The number of hydrogen-bond acceptors (Lipinski definition) is 2. The molecule has 0 aromatic heterocycles. The molecule has 1 unspecified atom stereocenters. The Morgan fingerprint density at radius 2 is 1.94 bits per heavy atom. The molecule has 0 radical (unpaired) electrons. The number of carbonyl (C=O) groups is 1. The Balaban J connectivity index is 2.42. The van der Waals surface area contributed by atoms with Crippen LogP contribution in [0.2, 0.25) is 0 Å². The molecule has 3 heteroatoms. The van der Waals surface area contributed by atoms with Crippen LogP contribution in [0.15, 0.2) is 0 Å². The lowest BCUT2D eigenvalue weighted by molar-refractivity contribution is -0.123. The molecular formula is C14H28N2O. The monoisotopic (exact) mass is 240 g/mol. The van der Waals surface area contributed by atoms with Gasteiger partial charge in [0, 0.05) is 18.0 Å². The normalized spacial score (nSPS) is 20.0. The molecule has 0 spiro atoms. The minimum Gasteiger partial charge on any atom is -0.353 e. The SMILES string of the molecule is CCC(NC(=O)CC(C)(C)N)C1CCCCC1. The number of nitrogens with two attached hydrogens (primary N) is 1. The molecule has 17 heavy (non-hydrogen) atoms. The van der Waals surface area contributed by atoms with Gasteiger partial charge in [-0.3, -0.25) is 4.79 Å². The number of rotatable bonds is 5. The zero-order chi connectivity index (χ0) is 12.9. The van der Waals surface area contributed by atoms with Gasteiger partial charge in [0.1, 0.15) is 0 Å². The predicted octanol–water partition coefficient (Wildman–Crippen LogP) is 2.59. The van der Waals surface area contributed by atoms with Gasteiger partial charge in [-0.05, 0) is 39.0 Å². The molecule has 100 valence electrons. The number of amides is 1. The fraction of sp³-hybridized carbons (Fsp3) is 0.929. The van der Waals surface area contributed by atoms with Crippen molar-refractivity contribution < 1.29 is 4.79 Å². The van der Waals surface area contributed by atoms with Crippen LogP contribution in [0.3, 0.4) is 0 Å². The van der Waals surface area contributed by atoms with Gasteiger partial charge in [0.25, 0.3) is 0 Å². The van der Waals surface area contributed by atoms with Crippen molar-refractivity contribution in [1.82, 2.24) is 5.32 Å². The van der Waals surface area contributed by atoms with Crippen LogP contribution in [-0.4, -0.2) is 17.5 Å². The molecule has 3 N–H and O–H groups in total. The second-order valence-corrected chi connectivity index (χ2v) is 6.15. The second kappa shape index (κ2) is 6.39. The molecule has 3 nitrogen and oxygen atoms in total. The summed E-state index contributed by atoms with van der Waals surface area (Å²) < 4.78 is 0. The maximum Gasteiger partial charge on any atom is 0.222 e. The zero-order valence-electron chi connectivity index (χ0n) is 11.6. The summed E-state index contributed by atoms with van der Waals surface area (Å²) >= 11 is 0. The lowest BCUT2D eigenvalue weighted by atomic mass is 9.83. The van der Waals surface area contributed by atoms with Crippen LogP contribution in [0.5, 0.6) is 0 Å². The van der Waals surface area contributed by atoms with Crippen LogP contribution >= 0.6 is 0 Å². The third-order valence-corrected chi connectivity index (χ3v) is 3.62. The Labute approximate surface area is 106 Å². The highest BCUT2D eigenvalue weighted by molar-refractivity contribution is 5.77. The Morgan fingerprint density at radius 1 is 1.35 bits per heavy atom. The lowest BCUT2D eigenvalue weighted by Gasteiger charge is -2.31. The Bertz CT molecular complexity index is 239. The first-order valence-corrected chi connectivity index (χ1v) is 7.00. The lowest BCUT2D eigenvalue weighted by Crippen LogP contribution is -2.45. The fourth-order valence-electron chi connectivity index (χ4n) is 2.76. The van der Waals surface area contributed by atoms with Crippen molar-refractivity contribution in [2.75, 3.05) is 0 Å². The maximum atomic E-state index is 11.9. The third kappa shape index (κ3) is 5.53. The van der Waals surface area contributed by atoms with E-state index in [1.165, 1.54) is 32.1 Å². The highest BCUT2D eigenvalue weighted by Gasteiger charge is 2.25. The van der Waals surface area contributed by atoms with Gasteiger partial charge in [0.15, 0.2) is 0 Å². The van der Waals surface area contributed by atoms with Crippen LogP contribution in [-0.2, 0) is 4.79 Å². The first-order chi connectivity index (χ1) is 7.92. The molecule has 0 saturated heterocycles. The van der Waals surface area contributed by atoms with E-state index >= 15 is 0 Å². The fourth-order valence-corrected chi connectivity index (χ4v) is 2.76. The third-order valence-electron chi connectivity index (χ3n) is 3.62. The molecule has 1 atom stereocenters. The molecular weight excluding hydrogens is 212 g/mol. The number of hydrogen-bond donors (Lipinski definition) is 2. The molecule has 1 rings (SSSR count). The van der Waals surface area contributed by atoms with Crippen LogP contribution in [0.4, 0.5) is 0 Å². The minimum absolute atomic E-state index is 0.106. The average molecular weight is 240 g/mol. The summed E-state index contributed by atoms with van der Waals surface area (Å²) in [5.74, 6) is 0.786. The highest BCUT2D eigenvalue weighted by Crippen LogP contribution is 2.27. The minimum atomic E-state index is -0.408. The topological polar surface area (TPSA) is 55.1 Å². The summed E-state index contributed by atoms with van der Waals surface area (Å²) in [6.45, 7) is 5.95. The maximum absolute atomic E-state index is 11.9. The average Bonchev–Trinajstić information content (AvgIpc) is 2.24. The van der Waals surface area contributed by atoms with E-state index in [-0.39, 0.29) is 5.91 Å². The van der Waals surface area contributed by atoms with Crippen LogP contribution < -0.4 is 11.1 Å². The molecule has 0 aromatic rings. The molecule has 1 fully saturated rings. The molecule has 1 amide bonds. The van der Waals surface area contributed by atoms with E-state index < -0.39 is 5.54 Å². The first-order valence-electron chi connectivity index (χ1n) is 7.00. The summed E-state index contributed by atoms with van der Waals surface area (Å²) in [4.78, 5) is 11.9. The number of nitrogens with one attached hydrogen (secondary N) is 1. The van der Waals surface area contributed by atoms with Crippen molar-refractivity contribution in [3.63, 3.8) is 0 Å². The van der Waals surface area contributed by atoms with Crippen molar-refractivity contribution in [1.29, 1.82) is 0 Å². The largest absolute Gasteiger partial charge is 0.353 e. The molecule has 1 aliphatic rings. The summed E-state index contributed by atoms with van der Waals surface area (Å²) in [6, 6.07) is 0.352. The Hall–Kier alpha value is -0.570. The summed E-state index contributed by atoms with van der Waals surface area (Å²) in [6.07, 6.45) is 7.97. The van der Waals surface area contributed by atoms with E-state index in [0.717, 1.165) is 6.42 Å². The Morgan fingerprint density at radius 3 is 2.41 bits per heavy atom. The summed E-state index contributed by atoms with van der Waals surface area (Å²) in [5, 5.41) is 3.17. The smallest absolute Gasteiger partial charge is 0.222 e. The van der Waals surface area contributed by atoms with Crippen molar-refractivity contribution in [3.05, 3.63) is 0 Å². The van der Waals surface area contributed by atoms with Crippen LogP contribution in [0.1, 0.15) is 65.7 Å². The van der Waals surface area contributed by atoms with Crippen LogP contribution in [0, 0.1) is 5.92 Å². The molecule has 1 aliphatic carbocycles. The Kier molecular flexibility index (Phi) is 5.44. The quantitative estimate of drug-likeness (QED) is 0.776. The van der Waals surface area contributed by atoms with Gasteiger partial charge in [-0.1, -0.05) is 26.2 Å². The van der Waals surface area contributed by atoms with Crippen molar-refractivity contribution >= 4 is 5.91 Å². The van der Waals surface area contributed by atoms with Crippen molar-refractivity contribution in [2.24, 2.45) is 11.7 Å². The summed E-state index contributed by atoms with van der Waals surface area (Å²) in [5.41, 5.74) is 5.46. The molecule has 0 aliphatic heterocycles.